The molecule has 1 heterocycles. The Morgan fingerprint density at radius 3 is 2.70 bits per heavy atom. The van der Waals surface area contributed by atoms with E-state index in [4.69, 9.17) is 5.73 Å². The number of thiophene rings is 1. The molecule has 0 saturated heterocycles. The van der Waals surface area contributed by atoms with Crippen LogP contribution in [0.25, 0.3) is 0 Å². The van der Waals surface area contributed by atoms with Crippen LogP contribution in [0.4, 0.5) is 5.69 Å². The number of benzene rings is 1. The third-order valence-corrected chi connectivity index (χ3v) is 4.15. The zero-order chi connectivity index (χ0) is 14.4. The van der Waals surface area contributed by atoms with Crippen molar-refractivity contribution >= 4 is 17.0 Å². The van der Waals surface area contributed by atoms with Crippen molar-refractivity contribution in [3.8, 4) is 11.8 Å². The second kappa shape index (κ2) is 7.14. The molecule has 0 aliphatic carbocycles. The largest absolute Gasteiger partial charge is 0.366 e. The zero-order valence-corrected chi connectivity index (χ0v) is 12.8. The number of hydrogen-bond donors (Lipinski definition) is 1. The molecule has 0 atom stereocenters. The Morgan fingerprint density at radius 2 is 2.00 bits per heavy atom. The summed E-state index contributed by atoms with van der Waals surface area (Å²) < 4.78 is 0. The van der Waals surface area contributed by atoms with Gasteiger partial charge >= 0.3 is 0 Å². The number of nitrogens with zero attached hydrogens (tertiary/aromatic N) is 1. The van der Waals surface area contributed by atoms with Crippen LogP contribution in [0, 0.1) is 18.8 Å². The first-order valence-electron chi connectivity index (χ1n) is 6.82. The van der Waals surface area contributed by atoms with E-state index in [2.05, 4.69) is 67.0 Å². The van der Waals surface area contributed by atoms with Gasteiger partial charge in [-0.15, -0.1) is 11.3 Å². The highest BCUT2D eigenvalue weighted by molar-refractivity contribution is 7.12. The maximum absolute atomic E-state index is 5.40. The van der Waals surface area contributed by atoms with Gasteiger partial charge in [-0.1, -0.05) is 30.0 Å². The molecule has 0 fully saturated rings. The highest BCUT2D eigenvalue weighted by atomic mass is 32.1. The minimum Gasteiger partial charge on any atom is -0.366 e. The molecule has 0 spiro atoms. The molecule has 2 aromatic rings. The summed E-state index contributed by atoms with van der Waals surface area (Å²) in [6.07, 6.45) is 0. The average Bonchev–Trinajstić information content (AvgIpc) is 2.91. The molecule has 1 aromatic carbocycles. The molecular formula is C17H20N2S. The lowest BCUT2D eigenvalue weighted by Crippen LogP contribution is -2.22. The maximum atomic E-state index is 5.40. The lowest BCUT2D eigenvalue weighted by Gasteiger charge is -2.24. The molecule has 0 amide bonds. The fourth-order valence-electron chi connectivity index (χ4n) is 2.14. The van der Waals surface area contributed by atoms with Gasteiger partial charge in [-0.25, -0.2) is 0 Å². The summed E-state index contributed by atoms with van der Waals surface area (Å²) in [6.45, 7) is 6.68. The van der Waals surface area contributed by atoms with E-state index < -0.39 is 0 Å². The van der Waals surface area contributed by atoms with Gasteiger partial charge in [-0.2, -0.15) is 0 Å². The first kappa shape index (κ1) is 14.6. The normalized spacial score (nSPS) is 9.95. The number of para-hydroxylation sites is 1. The highest BCUT2D eigenvalue weighted by Gasteiger charge is 2.09. The Hall–Kier alpha value is -1.76. The van der Waals surface area contributed by atoms with Crippen LogP contribution in [0.1, 0.15) is 22.2 Å². The van der Waals surface area contributed by atoms with E-state index in [1.165, 1.54) is 16.1 Å². The molecule has 20 heavy (non-hydrogen) atoms. The molecule has 0 aliphatic heterocycles. The minimum atomic E-state index is 0.414. The Kier molecular flexibility index (Phi) is 5.23. The molecule has 0 saturated carbocycles. The standard InChI is InChI=1S/C17H20N2S/c1-3-19(17-9-5-4-7-14(17)2)13-16-11-10-15(20-16)8-6-12-18/h4-5,7,9-11H,3,12-13,18H2,1-2H3. The fraction of sp³-hybridized carbons (Fsp3) is 0.294. The molecule has 2 nitrogen and oxygen atoms in total. The van der Waals surface area contributed by atoms with Crippen molar-refractivity contribution < 1.29 is 0 Å². The van der Waals surface area contributed by atoms with Gasteiger partial charge in [-0.05, 0) is 37.6 Å². The Balaban J connectivity index is 2.14. The molecule has 2 rings (SSSR count). The van der Waals surface area contributed by atoms with E-state index in [0.717, 1.165) is 18.0 Å². The summed E-state index contributed by atoms with van der Waals surface area (Å²) in [5, 5.41) is 0. The number of aryl methyl sites for hydroxylation is 1. The summed E-state index contributed by atoms with van der Waals surface area (Å²) in [4.78, 5) is 4.81. The van der Waals surface area contributed by atoms with E-state index in [1.54, 1.807) is 11.3 Å². The van der Waals surface area contributed by atoms with Gasteiger partial charge in [0.05, 0.1) is 18.0 Å². The number of rotatable bonds is 4. The van der Waals surface area contributed by atoms with Gasteiger partial charge in [-0.3, -0.25) is 0 Å². The van der Waals surface area contributed by atoms with Gasteiger partial charge in [0.1, 0.15) is 0 Å². The molecule has 1 aromatic heterocycles. The van der Waals surface area contributed by atoms with Crippen LogP contribution in [0.3, 0.4) is 0 Å². The molecular weight excluding hydrogens is 264 g/mol. The topological polar surface area (TPSA) is 29.3 Å². The molecule has 2 N–H and O–H groups in total. The van der Waals surface area contributed by atoms with E-state index in [-0.39, 0.29) is 0 Å². The van der Waals surface area contributed by atoms with Gasteiger partial charge in [0.25, 0.3) is 0 Å². The maximum Gasteiger partial charge on any atom is 0.0772 e. The van der Waals surface area contributed by atoms with Crippen LogP contribution in [0.15, 0.2) is 36.4 Å². The quantitative estimate of drug-likeness (QED) is 0.872. The smallest absolute Gasteiger partial charge is 0.0772 e. The zero-order valence-electron chi connectivity index (χ0n) is 12.0. The molecule has 0 bridgehead atoms. The van der Waals surface area contributed by atoms with Crippen molar-refractivity contribution in [1.29, 1.82) is 0 Å². The number of nitrogens with two attached hydrogens (primary N) is 1. The Bertz CT molecular complexity index is 619. The lowest BCUT2D eigenvalue weighted by molar-refractivity contribution is 0.838. The van der Waals surface area contributed by atoms with E-state index in [1.807, 2.05) is 0 Å². The number of hydrogen-bond acceptors (Lipinski definition) is 3. The summed E-state index contributed by atoms with van der Waals surface area (Å²) in [5.41, 5.74) is 8.02. The summed E-state index contributed by atoms with van der Waals surface area (Å²) in [5.74, 6) is 5.99. The average molecular weight is 284 g/mol. The van der Waals surface area contributed by atoms with Gasteiger partial charge < -0.3 is 10.6 Å². The van der Waals surface area contributed by atoms with Crippen LogP contribution in [0.2, 0.25) is 0 Å². The highest BCUT2D eigenvalue weighted by Crippen LogP contribution is 2.24. The first-order valence-corrected chi connectivity index (χ1v) is 7.64. The second-order valence-electron chi connectivity index (χ2n) is 4.57. The van der Waals surface area contributed by atoms with Gasteiger partial charge in [0.2, 0.25) is 0 Å². The van der Waals surface area contributed by atoms with E-state index >= 15 is 0 Å². The van der Waals surface area contributed by atoms with Crippen LogP contribution in [-0.4, -0.2) is 13.1 Å². The first-order chi connectivity index (χ1) is 9.74. The molecule has 0 unspecified atom stereocenters. The SMILES string of the molecule is CCN(Cc1ccc(C#CCN)s1)c1ccccc1C. The summed E-state index contributed by atoms with van der Waals surface area (Å²) in [6, 6.07) is 12.8. The number of anilines is 1. The fourth-order valence-corrected chi connectivity index (χ4v) is 3.04. The van der Waals surface area contributed by atoms with Crippen molar-refractivity contribution in [3.05, 3.63) is 51.7 Å². The van der Waals surface area contributed by atoms with Crippen molar-refractivity contribution in [2.24, 2.45) is 5.73 Å². The van der Waals surface area contributed by atoms with Gasteiger partial charge in [0, 0.05) is 17.1 Å². The predicted octanol–water partition coefficient (Wildman–Crippen LogP) is 3.39. The minimum absolute atomic E-state index is 0.414. The predicted molar refractivity (Wildman–Crippen MR) is 88.2 cm³/mol. The molecule has 104 valence electrons. The Labute approximate surface area is 125 Å². The van der Waals surface area contributed by atoms with Crippen LogP contribution >= 0.6 is 11.3 Å². The molecule has 0 aliphatic rings. The van der Waals surface area contributed by atoms with E-state index in [9.17, 15) is 0 Å². The lowest BCUT2D eigenvalue weighted by atomic mass is 10.2. The van der Waals surface area contributed by atoms with Crippen molar-refractivity contribution in [2.45, 2.75) is 20.4 Å². The second-order valence-corrected chi connectivity index (χ2v) is 5.74. The molecule has 0 radical (unpaired) electrons. The van der Waals surface area contributed by atoms with Crippen molar-refractivity contribution in [1.82, 2.24) is 0 Å². The Morgan fingerprint density at radius 1 is 1.20 bits per heavy atom. The third kappa shape index (κ3) is 3.63. The van der Waals surface area contributed by atoms with Crippen molar-refractivity contribution in [3.63, 3.8) is 0 Å². The van der Waals surface area contributed by atoms with Gasteiger partial charge in [0.15, 0.2) is 0 Å². The monoisotopic (exact) mass is 284 g/mol. The van der Waals surface area contributed by atoms with Crippen LogP contribution in [-0.2, 0) is 6.54 Å². The van der Waals surface area contributed by atoms with Crippen LogP contribution in [0.5, 0.6) is 0 Å². The summed E-state index contributed by atoms with van der Waals surface area (Å²) >= 11 is 1.75. The third-order valence-electron chi connectivity index (χ3n) is 3.16. The van der Waals surface area contributed by atoms with E-state index in [0.29, 0.717) is 6.54 Å². The molecule has 3 heteroatoms. The summed E-state index contributed by atoms with van der Waals surface area (Å²) in [7, 11) is 0. The van der Waals surface area contributed by atoms with Crippen LogP contribution < -0.4 is 10.6 Å². The van der Waals surface area contributed by atoms with Crippen molar-refractivity contribution in [2.75, 3.05) is 18.0 Å².